The monoisotopic (exact) mass is 399 g/mol. The highest BCUT2D eigenvalue weighted by atomic mass is 16.5. The SMILES string of the molecule is CCOc1ccc(COC(CCCCC(=O)OC)C(=O)Nc2ccccc2)cc1. The van der Waals surface area contributed by atoms with Crippen LogP contribution in [0.25, 0.3) is 0 Å². The van der Waals surface area contributed by atoms with Gasteiger partial charge in [-0.25, -0.2) is 0 Å². The van der Waals surface area contributed by atoms with Gasteiger partial charge in [0.25, 0.3) is 5.91 Å². The summed E-state index contributed by atoms with van der Waals surface area (Å²) in [6.07, 6.45) is 1.58. The molecule has 2 rings (SSSR count). The topological polar surface area (TPSA) is 73.9 Å². The van der Waals surface area contributed by atoms with Gasteiger partial charge < -0.3 is 19.5 Å². The van der Waals surface area contributed by atoms with E-state index in [1.807, 2.05) is 61.5 Å². The van der Waals surface area contributed by atoms with Crippen LogP contribution in [-0.2, 0) is 25.7 Å². The summed E-state index contributed by atoms with van der Waals surface area (Å²) >= 11 is 0. The number of hydrogen-bond acceptors (Lipinski definition) is 5. The summed E-state index contributed by atoms with van der Waals surface area (Å²) in [6.45, 7) is 2.87. The highest BCUT2D eigenvalue weighted by Gasteiger charge is 2.19. The van der Waals surface area contributed by atoms with Crippen LogP contribution in [0.1, 0.15) is 38.2 Å². The first-order valence-electron chi connectivity index (χ1n) is 9.88. The van der Waals surface area contributed by atoms with E-state index in [-0.39, 0.29) is 11.9 Å². The van der Waals surface area contributed by atoms with Gasteiger partial charge in [0, 0.05) is 12.1 Å². The van der Waals surface area contributed by atoms with Crippen molar-refractivity contribution in [2.45, 2.75) is 45.3 Å². The number of esters is 1. The van der Waals surface area contributed by atoms with Crippen molar-refractivity contribution in [3.63, 3.8) is 0 Å². The van der Waals surface area contributed by atoms with Gasteiger partial charge in [-0.1, -0.05) is 30.3 Å². The molecular weight excluding hydrogens is 370 g/mol. The number of amides is 1. The molecule has 0 aliphatic carbocycles. The van der Waals surface area contributed by atoms with Crippen LogP contribution in [-0.4, -0.2) is 31.7 Å². The van der Waals surface area contributed by atoms with E-state index in [4.69, 9.17) is 9.47 Å². The molecule has 0 aromatic heterocycles. The first-order chi connectivity index (χ1) is 14.1. The molecule has 29 heavy (non-hydrogen) atoms. The minimum atomic E-state index is -0.612. The highest BCUT2D eigenvalue weighted by molar-refractivity contribution is 5.94. The Morgan fingerprint density at radius 2 is 1.72 bits per heavy atom. The predicted octanol–water partition coefficient (Wildman–Crippen LogP) is 4.34. The molecule has 1 unspecified atom stereocenters. The van der Waals surface area contributed by atoms with E-state index in [0.29, 0.717) is 38.9 Å². The Labute approximate surface area is 172 Å². The van der Waals surface area contributed by atoms with Crippen LogP contribution in [0.15, 0.2) is 54.6 Å². The number of carbonyl (C=O) groups excluding carboxylic acids is 2. The molecule has 0 bridgehead atoms. The number of hydrogen-bond donors (Lipinski definition) is 1. The molecule has 1 atom stereocenters. The lowest BCUT2D eigenvalue weighted by Gasteiger charge is -2.18. The molecule has 6 nitrogen and oxygen atoms in total. The second-order valence-electron chi connectivity index (χ2n) is 6.55. The second-order valence-corrected chi connectivity index (χ2v) is 6.55. The second kappa shape index (κ2) is 12.6. The van der Waals surface area contributed by atoms with Crippen molar-refractivity contribution in [1.29, 1.82) is 0 Å². The lowest BCUT2D eigenvalue weighted by atomic mass is 10.1. The van der Waals surface area contributed by atoms with E-state index in [0.717, 1.165) is 17.0 Å². The number of para-hydroxylation sites is 1. The van der Waals surface area contributed by atoms with Crippen molar-refractivity contribution >= 4 is 17.6 Å². The average molecular weight is 399 g/mol. The number of methoxy groups -OCH3 is 1. The Kier molecular flexibility index (Phi) is 9.72. The maximum absolute atomic E-state index is 12.7. The van der Waals surface area contributed by atoms with Crippen LogP contribution in [0.5, 0.6) is 5.75 Å². The Morgan fingerprint density at radius 1 is 1.00 bits per heavy atom. The van der Waals surface area contributed by atoms with E-state index in [2.05, 4.69) is 10.1 Å². The van der Waals surface area contributed by atoms with Crippen molar-refractivity contribution in [3.8, 4) is 5.75 Å². The van der Waals surface area contributed by atoms with Gasteiger partial charge in [0.1, 0.15) is 11.9 Å². The fraction of sp³-hybridized carbons (Fsp3) is 0.391. The van der Waals surface area contributed by atoms with Gasteiger partial charge in [0.05, 0.1) is 20.3 Å². The molecule has 0 saturated carbocycles. The van der Waals surface area contributed by atoms with E-state index in [9.17, 15) is 9.59 Å². The maximum Gasteiger partial charge on any atom is 0.305 e. The summed E-state index contributed by atoms with van der Waals surface area (Å²) in [5, 5.41) is 2.89. The molecule has 6 heteroatoms. The number of unbranched alkanes of at least 4 members (excludes halogenated alkanes) is 1. The third-order valence-electron chi connectivity index (χ3n) is 4.34. The fourth-order valence-corrected chi connectivity index (χ4v) is 2.78. The number of nitrogens with one attached hydrogen (secondary N) is 1. The molecular formula is C23H29NO5. The zero-order valence-electron chi connectivity index (χ0n) is 17.1. The van der Waals surface area contributed by atoms with E-state index in [1.54, 1.807) is 0 Å². The van der Waals surface area contributed by atoms with E-state index >= 15 is 0 Å². The molecule has 0 aliphatic rings. The first kappa shape index (κ1) is 22.4. The maximum atomic E-state index is 12.7. The highest BCUT2D eigenvalue weighted by Crippen LogP contribution is 2.16. The van der Waals surface area contributed by atoms with Gasteiger partial charge >= 0.3 is 5.97 Å². The van der Waals surface area contributed by atoms with Gasteiger partial charge in [0.15, 0.2) is 0 Å². The third-order valence-corrected chi connectivity index (χ3v) is 4.34. The summed E-state index contributed by atoms with van der Waals surface area (Å²) in [6, 6.07) is 16.9. The van der Waals surface area contributed by atoms with Crippen molar-refractivity contribution in [3.05, 3.63) is 60.2 Å². The number of carbonyl (C=O) groups is 2. The quantitative estimate of drug-likeness (QED) is 0.424. The standard InChI is InChI=1S/C23H29NO5/c1-3-28-20-15-13-18(14-16-20)17-29-21(11-7-8-12-22(25)27-2)23(26)24-19-9-5-4-6-10-19/h4-6,9-10,13-16,21H,3,7-8,11-12,17H2,1-2H3,(H,24,26). The lowest BCUT2D eigenvalue weighted by Crippen LogP contribution is -2.30. The zero-order valence-corrected chi connectivity index (χ0v) is 17.1. The normalized spacial score (nSPS) is 11.5. The summed E-state index contributed by atoms with van der Waals surface area (Å²) in [7, 11) is 1.37. The van der Waals surface area contributed by atoms with E-state index in [1.165, 1.54) is 7.11 Å². The smallest absolute Gasteiger partial charge is 0.305 e. The van der Waals surface area contributed by atoms with Gasteiger partial charge in [-0.05, 0) is 56.0 Å². The molecule has 0 radical (unpaired) electrons. The largest absolute Gasteiger partial charge is 0.494 e. The lowest BCUT2D eigenvalue weighted by molar-refractivity contribution is -0.140. The van der Waals surface area contributed by atoms with Gasteiger partial charge in [-0.2, -0.15) is 0 Å². The summed E-state index contributed by atoms with van der Waals surface area (Å²) in [5.74, 6) is 0.364. The Bertz CT molecular complexity index is 746. The summed E-state index contributed by atoms with van der Waals surface area (Å²) in [4.78, 5) is 24.0. The van der Waals surface area contributed by atoms with Crippen LogP contribution in [0, 0.1) is 0 Å². The fourth-order valence-electron chi connectivity index (χ4n) is 2.78. The molecule has 1 N–H and O–H groups in total. The molecule has 0 spiro atoms. The van der Waals surface area contributed by atoms with Crippen molar-refractivity contribution in [1.82, 2.24) is 0 Å². The Hall–Kier alpha value is -2.86. The van der Waals surface area contributed by atoms with Crippen molar-refractivity contribution in [2.24, 2.45) is 0 Å². The number of ether oxygens (including phenoxy) is 3. The molecule has 0 saturated heterocycles. The summed E-state index contributed by atoms with van der Waals surface area (Å²) in [5.41, 5.74) is 1.68. The molecule has 0 aliphatic heterocycles. The van der Waals surface area contributed by atoms with Crippen LogP contribution < -0.4 is 10.1 Å². The number of anilines is 1. The predicted molar refractivity (Wildman–Crippen MR) is 112 cm³/mol. The number of benzene rings is 2. The summed E-state index contributed by atoms with van der Waals surface area (Å²) < 4.78 is 16.0. The molecule has 0 heterocycles. The van der Waals surface area contributed by atoms with Gasteiger partial charge in [0.2, 0.25) is 0 Å². The average Bonchev–Trinajstić information content (AvgIpc) is 2.74. The van der Waals surface area contributed by atoms with Crippen molar-refractivity contribution in [2.75, 3.05) is 19.0 Å². The molecule has 156 valence electrons. The molecule has 0 fully saturated rings. The Morgan fingerprint density at radius 3 is 2.38 bits per heavy atom. The van der Waals surface area contributed by atoms with Crippen LogP contribution in [0.4, 0.5) is 5.69 Å². The van der Waals surface area contributed by atoms with E-state index < -0.39 is 6.10 Å². The number of rotatable bonds is 12. The van der Waals surface area contributed by atoms with Crippen LogP contribution in [0.3, 0.4) is 0 Å². The Balaban J connectivity index is 1.93. The van der Waals surface area contributed by atoms with Gasteiger partial charge in [-0.15, -0.1) is 0 Å². The minimum absolute atomic E-state index is 0.194. The molecule has 2 aromatic carbocycles. The molecule has 2 aromatic rings. The van der Waals surface area contributed by atoms with Crippen LogP contribution in [0.2, 0.25) is 0 Å². The first-order valence-corrected chi connectivity index (χ1v) is 9.88. The van der Waals surface area contributed by atoms with Crippen LogP contribution >= 0.6 is 0 Å². The minimum Gasteiger partial charge on any atom is -0.494 e. The van der Waals surface area contributed by atoms with Gasteiger partial charge in [-0.3, -0.25) is 9.59 Å². The third kappa shape index (κ3) is 8.35. The zero-order chi connectivity index (χ0) is 20.9. The molecule has 1 amide bonds. The van der Waals surface area contributed by atoms with Crippen molar-refractivity contribution < 1.29 is 23.8 Å².